The first-order valence-electron chi connectivity index (χ1n) is 9.36. The largest absolute Gasteiger partial charge is 0.480 e. The van der Waals surface area contributed by atoms with Crippen LogP contribution in [-0.4, -0.2) is 45.7 Å². The van der Waals surface area contributed by atoms with E-state index in [1.807, 2.05) is 0 Å². The minimum absolute atomic E-state index is 0.0516. The lowest BCUT2D eigenvalue weighted by Gasteiger charge is -2.13. The van der Waals surface area contributed by atoms with E-state index in [2.05, 4.69) is 15.1 Å². The Bertz CT molecular complexity index is 1110. The minimum atomic E-state index is 0.0516. The lowest BCUT2D eigenvalue weighted by atomic mass is 10.0. The zero-order chi connectivity index (χ0) is 20.1. The van der Waals surface area contributed by atoms with Gasteiger partial charge in [-0.05, 0) is 29.0 Å². The highest BCUT2D eigenvalue weighted by atomic mass is 35.5. The molecular formula is C20H18Cl2N4O3. The molecule has 0 amide bonds. The van der Waals surface area contributed by atoms with Crippen LogP contribution in [0.3, 0.4) is 0 Å². The summed E-state index contributed by atoms with van der Waals surface area (Å²) in [6, 6.07) is 3.44. The third-order valence-corrected chi connectivity index (χ3v) is 6.14. The highest BCUT2D eigenvalue weighted by molar-refractivity contribution is 6.31. The van der Waals surface area contributed by atoms with Gasteiger partial charge < -0.3 is 9.47 Å². The topological polar surface area (TPSA) is 78.6 Å². The van der Waals surface area contributed by atoms with Gasteiger partial charge in [0, 0.05) is 37.2 Å². The van der Waals surface area contributed by atoms with Crippen molar-refractivity contribution in [2.24, 2.45) is 11.8 Å². The summed E-state index contributed by atoms with van der Waals surface area (Å²) in [6.07, 6.45) is 3.88. The van der Waals surface area contributed by atoms with Crippen molar-refractivity contribution in [2.45, 2.75) is 18.8 Å². The van der Waals surface area contributed by atoms with E-state index in [-0.39, 0.29) is 18.6 Å². The second-order valence-corrected chi connectivity index (χ2v) is 8.32. The van der Waals surface area contributed by atoms with Gasteiger partial charge in [0.25, 0.3) is 0 Å². The Labute approximate surface area is 177 Å². The molecule has 1 aliphatic carbocycles. The smallest absolute Gasteiger partial charge is 0.232 e. The van der Waals surface area contributed by atoms with Gasteiger partial charge in [-0.2, -0.15) is 5.10 Å². The lowest BCUT2D eigenvalue weighted by Crippen LogP contribution is -2.14. The Hall–Kier alpha value is -2.22. The van der Waals surface area contributed by atoms with Crippen LogP contribution in [0.1, 0.15) is 22.7 Å². The molecule has 29 heavy (non-hydrogen) atoms. The fourth-order valence-electron chi connectivity index (χ4n) is 4.31. The summed E-state index contributed by atoms with van der Waals surface area (Å²) in [5, 5.41) is 5.19. The second kappa shape index (κ2) is 7.23. The molecule has 0 N–H and O–H groups in total. The maximum atomic E-state index is 12.8. The van der Waals surface area contributed by atoms with Crippen LogP contribution in [0.4, 0.5) is 0 Å². The molecule has 7 nitrogen and oxygen atoms in total. The van der Waals surface area contributed by atoms with Gasteiger partial charge in [0.2, 0.25) is 5.88 Å². The Kier molecular flexibility index (Phi) is 4.69. The average Bonchev–Trinajstić information content (AvgIpc) is 3.02. The predicted molar refractivity (Wildman–Crippen MR) is 107 cm³/mol. The Morgan fingerprint density at radius 3 is 2.72 bits per heavy atom. The molecule has 2 fully saturated rings. The molecule has 0 aromatic carbocycles. The minimum Gasteiger partial charge on any atom is -0.480 e. The monoisotopic (exact) mass is 432 g/mol. The molecule has 1 saturated carbocycles. The number of ketones is 1. The molecule has 4 heterocycles. The highest BCUT2D eigenvalue weighted by Crippen LogP contribution is 2.58. The van der Waals surface area contributed by atoms with Crippen LogP contribution in [0.25, 0.3) is 5.65 Å². The average molecular weight is 433 g/mol. The molecule has 150 valence electrons. The summed E-state index contributed by atoms with van der Waals surface area (Å²) in [6.45, 7) is 1.50. The summed E-state index contributed by atoms with van der Waals surface area (Å²) in [7, 11) is 1.50. The number of methoxy groups -OCH3 is 1. The highest BCUT2D eigenvalue weighted by Gasteiger charge is 2.56. The quantitative estimate of drug-likeness (QED) is 0.595. The van der Waals surface area contributed by atoms with Crippen molar-refractivity contribution >= 4 is 34.6 Å². The number of nitrogens with zero attached hydrogens (tertiary/aromatic N) is 4. The predicted octanol–water partition coefficient (Wildman–Crippen LogP) is 3.15. The second-order valence-electron chi connectivity index (χ2n) is 7.52. The van der Waals surface area contributed by atoms with E-state index in [0.29, 0.717) is 39.5 Å². The maximum absolute atomic E-state index is 12.8. The molecular weight excluding hydrogens is 415 g/mol. The molecule has 5 rings (SSSR count). The molecule has 0 bridgehead atoms. The Morgan fingerprint density at radius 2 is 2.00 bits per heavy atom. The molecule has 1 saturated heterocycles. The summed E-state index contributed by atoms with van der Waals surface area (Å²) in [5.74, 6) is 1.67. The number of halogens is 2. The first-order chi connectivity index (χ1) is 14.0. The molecule has 0 spiro atoms. The Morgan fingerprint density at radius 1 is 1.21 bits per heavy atom. The molecule has 2 atom stereocenters. The standard InChI is InChI=1S/C20H18Cl2N4O3/c1-28-20-15(21)3-10(6-24-20)2-12(27)4-11-7-23-17-5-16(22)25-26(17)19(11)18-13-8-29-9-14(13)18/h3,5-7,13-14,18H,2,4,8-9H2,1H3. The lowest BCUT2D eigenvalue weighted by molar-refractivity contribution is -0.117. The van der Waals surface area contributed by atoms with Crippen LogP contribution in [0.15, 0.2) is 24.5 Å². The van der Waals surface area contributed by atoms with Crippen molar-refractivity contribution in [3.05, 3.63) is 51.5 Å². The molecule has 2 unspecified atom stereocenters. The molecule has 9 heteroatoms. The summed E-state index contributed by atoms with van der Waals surface area (Å²) >= 11 is 12.2. The van der Waals surface area contributed by atoms with Crippen LogP contribution in [-0.2, 0) is 22.4 Å². The van der Waals surface area contributed by atoms with Crippen molar-refractivity contribution in [1.29, 1.82) is 0 Å². The first-order valence-corrected chi connectivity index (χ1v) is 10.1. The first kappa shape index (κ1) is 18.8. The number of carbonyl (C=O) groups excluding carboxylic acids is 1. The van der Waals surface area contributed by atoms with Gasteiger partial charge in [-0.3, -0.25) is 4.79 Å². The van der Waals surface area contributed by atoms with E-state index >= 15 is 0 Å². The van der Waals surface area contributed by atoms with Gasteiger partial charge in [0.1, 0.15) is 10.8 Å². The number of Topliss-reactive ketones (excluding diaryl/α,β-unsaturated/α-hetero) is 1. The van der Waals surface area contributed by atoms with Crippen molar-refractivity contribution in [2.75, 3.05) is 20.3 Å². The number of hydrogen-bond donors (Lipinski definition) is 0. The van der Waals surface area contributed by atoms with Crippen molar-refractivity contribution in [3.8, 4) is 5.88 Å². The molecule has 2 aliphatic rings. The van der Waals surface area contributed by atoms with E-state index in [4.69, 9.17) is 32.7 Å². The van der Waals surface area contributed by atoms with Gasteiger partial charge in [-0.15, -0.1) is 0 Å². The SMILES string of the molecule is COc1ncc(CC(=O)Cc2cnc3cc(Cl)nn3c2C2C3COCC32)cc1Cl. The van der Waals surface area contributed by atoms with E-state index in [1.54, 1.807) is 29.0 Å². The van der Waals surface area contributed by atoms with Gasteiger partial charge in [0.05, 0.1) is 26.0 Å². The van der Waals surface area contributed by atoms with E-state index in [9.17, 15) is 4.79 Å². The van der Waals surface area contributed by atoms with Crippen molar-refractivity contribution < 1.29 is 14.3 Å². The van der Waals surface area contributed by atoms with Crippen LogP contribution in [0.2, 0.25) is 10.2 Å². The fraction of sp³-hybridized carbons (Fsp3) is 0.400. The number of rotatable bonds is 6. The van der Waals surface area contributed by atoms with Gasteiger partial charge in [-0.1, -0.05) is 23.2 Å². The van der Waals surface area contributed by atoms with Gasteiger partial charge in [0.15, 0.2) is 10.8 Å². The third-order valence-electron chi connectivity index (χ3n) is 5.68. The zero-order valence-electron chi connectivity index (χ0n) is 15.6. The maximum Gasteiger partial charge on any atom is 0.232 e. The zero-order valence-corrected chi connectivity index (χ0v) is 17.2. The number of pyridine rings is 1. The fourth-order valence-corrected chi connectivity index (χ4v) is 4.75. The van der Waals surface area contributed by atoms with Crippen LogP contribution in [0.5, 0.6) is 5.88 Å². The third kappa shape index (κ3) is 3.37. The van der Waals surface area contributed by atoms with Gasteiger partial charge in [-0.25, -0.2) is 14.5 Å². The molecule has 1 aliphatic heterocycles. The Balaban J connectivity index is 1.42. The normalized spacial score (nSPS) is 22.7. The number of aromatic nitrogens is 4. The molecule has 3 aromatic heterocycles. The van der Waals surface area contributed by atoms with Crippen molar-refractivity contribution in [1.82, 2.24) is 19.6 Å². The van der Waals surface area contributed by atoms with E-state index < -0.39 is 0 Å². The van der Waals surface area contributed by atoms with E-state index in [1.165, 1.54) is 7.11 Å². The number of carbonyl (C=O) groups is 1. The van der Waals surface area contributed by atoms with E-state index in [0.717, 1.165) is 30.0 Å². The van der Waals surface area contributed by atoms with Crippen molar-refractivity contribution in [3.63, 3.8) is 0 Å². The van der Waals surface area contributed by atoms with Gasteiger partial charge >= 0.3 is 0 Å². The summed E-state index contributed by atoms with van der Waals surface area (Å²) in [4.78, 5) is 21.4. The number of ether oxygens (including phenoxy) is 2. The summed E-state index contributed by atoms with van der Waals surface area (Å²) < 4.78 is 12.4. The van der Waals surface area contributed by atoms with Crippen LogP contribution >= 0.6 is 23.2 Å². The molecule has 0 radical (unpaired) electrons. The number of fused-ring (bicyclic) bond motifs is 2. The summed E-state index contributed by atoms with van der Waals surface area (Å²) in [5.41, 5.74) is 3.35. The number of hydrogen-bond acceptors (Lipinski definition) is 6. The van der Waals surface area contributed by atoms with Crippen LogP contribution in [0, 0.1) is 11.8 Å². The van der Waals surface area contributed by atoms with Crippen LogP contribution < -0.4 is 4.74 Å². The molecule has 3 aromatic rings.